The maximum Gasteiger partial charge on any atom is 0.244 e. The van der Waals surface area contributed by atoms with Crippen LogP contribution < -0.4 is 5.32 Å². The zero-order valence-electron chi connectivity index (χ0n) is 11.8. The molecule has 1 aliphatic carbocycles. The van der Waals surface area contributed by atoms with Gasteiger partial charge in [0.25, 0.3) is 0 Å². The number of aliphatic hydroxyl groups is 1. The molecule has 6 heteroatoms. The molecule has 0 aliphatic heterocycles. The van der Waals surface area contributed by atoms with Crippen molar-refractivity contribution in [3.8, 4) is 0 Å². The van der Waals surface area contributed by atoms with Crippen LogP contribution in [-0.2, 0) is 16.6 Å². The first-order valence-electron chi connectivity index (χ1n) is 6.79. The lowest BCUT2D eigenvalue weighted by molar-refractivity contribution is -0.120. The Balaban J connectivity index is 1.91. The Morgan fingerprint density at radius 3 is 3.05 bits per heavy atom. The number of hydrogen-bond donors (Lipinski definition) is 2. The van der Waals surface area contributed by atoms with E-state index >= 15 is 0 Å². The zero-order valence-corrected chi connectivity index (χ0v) is 11.8. The van der Waals surface area contributed by atoms with Gasteiger partial charge in [0.2, 0.25) is 5.91 Å². The predicted molar refractivity (Wildman–Crippen MR) is 74.8 cm³/mol. The van der Waals surface area contributed by atoms with Crippen molar-refractivity contribution in [3.05, 3.63) is 24.0 Å². The van der Waals surface area contributed by atoms with Gasteiger partial charge in [0.15, 0.2) is 0 Å². The smallest absolute Gasteiger partial charge is 0.244 e. The lowest BCUT2D eigenvalue weighted by Gasteiger charge is -2.34. The highest BCUT2D eigenvalue weighted by atomic mass is 16.5. The van der Waals surface area contributed by atoms with Gasteiger partial charge in [-0.05, 0) is 31.4 Å². The minimum Gasteiger partial charge on any atom is -0.388 e. The third-order valence-electron chi connectivity index (χ3n) is 3.69. The van der Waals surface area contributed by atoms with Crippen molar-refractivity contribution in [2.45, 2.75) is 37.5 Å². The summed E-state index contributed by atoms with van der Waals surface area (Å²) in [5, 5.41) is 16.9. The molecule has 1 heterocycles. The van der Waals surface area contributed by atoms with Gasteiger partial charge in [-0.1, -0.05) is 0 Å². The molecule has 1 amide bonds. The van der Waals surface area contributed by atoms with Crippen LogP contribution in [0.2, 0.25) is 0 Å². The van der Waals surface area contributed by atoms with Crippen LogP contribution in [0.4, 0.5) is 0 Å². The van der Waals surface area contributed by atoms with Crippen molar-refractivity contribution < 1.29 is 14.6 Å². The molecule has 2 N–H and O–H groups in total. The number of amides is 1. The van der Waals surface area contributed by atoms with Crippen molar-refractivity contribution in [1.29, 1.82) is 0 Å². The van der Waals surface area contributed by atoms with E-state index in [2.05, 4.69) is 10.4 Å². The van der Waals surface area contributed by atoms with Crippen molar-refractivity contribution in [2.24, 2.45) is 7.05 Å². The van der Waals surface area contributed by atoms with E-state index < -0.39 is 6.10 Å². The van der Waals surface area contributed by atoms with E-state index in [0.29, 0.717) is 0 Å². The first-order valence-corrected chi connectivity index (χ1v) is 6.79. The minimum atomic E-state index is -0.650. The van der Waals surface area contributed by atoms with Crippen LogP contribution in [0.15, 0.2) is 18.3 Å². The second-order valence-electron chi connectivity index (χ2n) is 5.02. The van der Waals surface area contributed by atoms with E-state index in [4.69, 9.17) is 4.74 Å². The molecule has 1 aliphatic rings. The van der Waals surface area contributed by atoms with E-state index in [9.17, 15) is 9.90 Å². The quantitative estimate of drug-likeness (QED) is 0.786. The van der Waals surface area contributed by atoms with Gasteiger partial charge in [0.1, 0.15) is 6.10 Å². The maximum absolute atomic E-state index is 11.9. The third-order valence-corrected chi connectivity index (χ3v) is 3.69. The van der Waals surface area contributed by atoms with Crippen LogP contribution in [-0.4, -0.2) is 46.2 Å². The van der Waals surface area contributed by atoms with E-state index in [1.165, 1.54) is 6.08 Å². The summed E-state index contributed by atoms with van der Waals surface area (Å²) in [6.45, 7) is 0. The molecule has 3 atom stereocenters. The molecule has 110 valence electrons. The van der Waals surface area contributed by atoms with Crippen LogP contribution in [0.3, 0.4) is 0 Å². The molecule has 0 spiro atoms. The number of rotatable bonds is 4. The Hall–Kier alpha value is -1.66. The molecular weight excluding hydrogens is 258 g/mol. The Morgan fingerprint density at radius 1 is 1.60 bits per heavy atom. The van der Waals surface area contributed by atoms with Gasteiger partial charge in [0.05, 0.1) is 17.8 Å². The van der Waals surface area contributed by atoms with Gasteiger partial charge in [0, 0.05) is 26.4 Å². The molecule has 20 heavy (non-hydrogen) atoms. The van der Waals surface area contributed by atoms with E-state index in [1.807, 2.05) is 13.1 Å². The third kappa shape index (κ3) is 3.46. The van der Waals surface area contributed by atoms with Crippen LogP contribution in [0.5, 0.6) is 0 Å². The topological polar surface area (TPSA) is 76.4 Å². The van der Waals surface area contributed by atoms with Crippen molar-refractivity contribution in [2.75, 3.05) is 7.11 Å². The molecule has 1 aromatic heterocycles. The van der Waals surface area contributed by atoms with Crippen LogP contribution in [0.25, 0.3) is 6.08 Å². The fourth-order valence-corrected chi connectivity index (χ4v) is 2.49. The molecule has 0 radical (unpaired) electrons. The number of nitrogens with zero attached hydrogens (tertiary/aromatic N) is 2. The largest absolute Gasteiger partial charge is 0.388 e. The highest BCUT2D eigenvalue weighted by Crippen LogP contribution is 2.21. The second-order valence-corrected chi connectivity index (χ2v) is 5.02. The van der Waals surface area contributed by atoms with E-state index in [0.717, 1.165) is 25.0 Å². The number of carbonyl (C=O) groups excluding carboxylic acids is 1. The molecule has 1 aromatic rings. The lowest BCUT2D eigenvalue weighted by atomic mass is 9.90. The number of nitrogens with one attached hydrogen (secondary N) is 1. The lowest BCUT2D eigenvalue weighted by Crippen LogP contribution is -2.51. The number of hydrogen-bond acceptors (Lipinski definition) is 4. The predicted octanol–water partition coefficient (Wildman–Crippen LogP) is 0.478. The highest BCUT2D eigenvalue weighted by molar-refractivity contribution is 5.91. The summed E-state index contributed by atoms with van der Waals surface area (Å²) in [7, 11) is 3.39. The van der Waals surface area contributed by atoms with Crippen LogP contribution >= 0.6 is 0 Å². The molecule has 1 saturated carbocycles. The van der Waals surface area contributed by atoms with Crippen molar-refractivity contribution >= 4 is 12.0 Å². The summed E-state index contributed by atoms with van der Waals surface area (Å²) in [5.74, 6) is -0.216. The Morgan fingerprint density at radius 2 is 2.40 bits per heavy atom. The molecule has 0 unspecified atom stereocenters. The van der Waals surface area contributed by atoms with Gasteiger partial charge in [-0.15, -0.1) is 0 Å². The maximum atomic E-state index is 11.9. The number of aliphatic hydroxyl groups excluding tert-OH is 1. The second kappa shape index (κ2) is 6.67. The first-order chi connectivity index (χ1) is 9.61. The Kier molecular flexibility index (Phi) is 4.92. The summed E-state index contributed by atoms with van der Waals surface area (Å²) in [6, 6.07) is 1.57. The average Bonchev–Trinajstić information content (AvgIpc) is 2.84. The molecule has 0 aromatic carbocycles. The summed E-state index contributed by atoms with van der Waals surface area (Å²) in [6.07, 6.45) is 6.52. The van der Waals surface area contributed by atoms with Gasteiger partial charge in [-0.25, -0.2) is 0 Å². The van der Waals surface area contributed by atoms with Crippen LogP contribution in [0.1, 0.15) is 25.0 Å². The Bertz CT molecular complexity index is 484. The monoisotopic (exact) mass is 279 g/mol. The van der Waals surface area contributed by atoms with Crippen molar-refractivity contribution in [3.63, 3.8) is 0 Å². The number of methoxy groups -OCH3 is 1. The normalized spacial score (nSPS) is 26.9. The fourth-order valence-electron chi connectivity index (χ4n) is 2.49. The molecular formula is C14H21N3O3. The summed E-state index contributed by atoms with van der Waals surface area (Å²) < 4.78 is 6.90. The Labute approximate surface area is 118 Å². The van der Waals surface area contributed by atoms with Crippen molar-refractivity contribution in [1.82, 2.24) is 15.1 Å². The number of ether oxygens (including phenoxy) is 1. The standard InChI is InChI=1S/C14H21N3O3/c1-17-10(8-9-15-17)6-7-13(18)16-11-4-3-5-12(20-2)14(11)19/h6-9,11-12,14,19H,3-5H2,1-2H3,(H,16,18)/t11-,12-,14-/m1/s1. The minimum absolute atomic E-state index is 0.199. The van der Waals surface area contributed by atoms with E-state index in [-0.39, 0.29) is 18.1 Å². The van der Waals surface area contributed by atoms with Gasteiger partial charge < -0.3 is 15.2 Å². The molecule has 0 saturated heterocycles. The summed E-state index contributed by atoms with van der Waals surface area (Å²) in [4.78, 5) is 11.9. The van der Waals surface area contributed by atoms with E-state index in [1.54, 1.807) is 24.1 Å². The number of aromatic nitrogens is 2. The number of carbonyl (C=O) groups is 1. The number of aryl methyl sites for hydroxylation is 1. The summed E-state index contributed by atoms with van der Waals surface area (Å²) >= 11 is 0. The van der Waals surface area contributed by atoms with Gasteiger partial charge in [-0.2, -0.15) is 5.10 Å². The SMILES string of the molecule is CO[C@@H]1CCC[C@@H](NC(=O)C=Cc2ccnn2C)[C@H]1O. The summed E-state index contributed by atoms with van der Waals surface area (Å²) in [5.41, 5.74) is 0.846. The van der Waals surface area contributed by atoms with Gasteiger partial charge in [-0.3, -0.25) is 9.48 Å². The fraction of sp³-hybridized carbons (Fsp3) is 0.571. The molecule has 0 bridgehead atoms. The highest BCUT2D eigenvalue weighted by Gasteiger charge is 2.32. The molecule has 2 rings (SSSR count). The first kappa shape index (κ1) is 14.7. The molecule has 6 nitrogen and oxygen atoms in total. The van der Waals surface area contributed by atoms with Crippen LogP contribution in [0, 0.1) is 0 Å². The average molecular weight is 279 g/mol. The molecule has 1 fully saturated rings. The zero-order chi connectivity index (χ0) is 14.5. The van der Waals surface area contributed by atoms with Gasteiger partial charge >= 0.3 is 0 Å².